The highest BCUT2D eigenvalue weighted by molar-refractivity contribution is 7.15. The molecule has 1 aromatic carbocycles. The summed E-state index contributed by atoms with van der Waals surface area (Å²) in [6.07, 6.45) is 5.69. The Balaban J connectivity index is 1.40. The summed E-state index contributed by atoms with van der Waals surface area (Å²) < 4.78 is 38.3. The molecule has 2 aromatic rings. The lowest BCUT2D eigenvalue weighted by Gasteiger charge is -2.33. The molecule has 0 spiro atoms. The number of benzene rings is 1. The number of carbonyl (C=O) groups excluding carboxylic acids is 3. The summed E-state index contributed by atoms with van der Waals surface area (Å²) in [5.41, 5.74) is 1.02. The summed E-state index contributed by atoms with van der Waals surface area (Å²) in [5, 5.41) is 16.0. The zero-order valence-electron chi connectivity index (χ0n) is 22.6. The zero-order valence-corrected chi connectivity index (χ0v) is 23.4. The average Bonchev–Trinajstić information content (AvgIpc) is 3.43. The monoisotopic (exact) mass is 593 g/mol. The quantitative estimate of drug-likeness (QED) is 0.370. The number of nitrogens with one attached hydrogen (secondary N) is 2. The molecule has 2 fully saturated rings. The molecule has 0 radical (unpaired) electrons. The Morgan fingerprint density at radius 1 is 1.05 bits per heavy atom. The van der Waals surface area contributed by atoms with Gasteiger partial charge in [-0.1, -0.05) is 67.0 Å². The van der Waals surface area contributed by atoms with Crippen LogP contribution in [-0.2, 0) is 25.6 Å². The summed E-state index contributed by atoms with van der Waals surface area (Å²) in [6.45, 7) is 0.0114. The topological polar surface area (TPSA) is 114 Å². The van der Waals surface area contributed by atoms with Crippen LogP contribution in [0.1, 0.15) is 74.3 Å². The van der Waals surface area contributed by atoms with Crippen LogP contribution in [0.4, 0.5) is 18.3 Å². The van der Waals surface area contributed by atoms with Gasteiger partial charge >= 0.3 is 12.1 Å². The average molecular weight is 594 g/mol. The van der Waals surface area contributed by atoms with Crippen molar-refractivity contribution in [2.75, 3.05) is 11.9 Å². The molecule has 4 rings (SSSR count). The minimum atomic E-state index is -5.17. The van der Waals surface area contributed by atoms with E-state index < -0.39 is 36.0 Å². The van der Waals surface area contributed by atoms with Crippen LogP contribution in [0, 0.1) is 0 Å². The number of hydroxylamine groups is 2. The van der Waals surface area contributed by atoms with Crippen molar-refractivity contribution in [3.63, 3.8) is 0 Å². The molecular formula is C28H34F3N5O4S. The number of rotatable bonds is 10. The number of aromatic nitrogens is 2. The Hall–Kier alpha value is -3.32. The molecular weight excluding hydrogens is 559 g/mol. The van der Waals surface area contributed by atoms with Crippen molar-refractivity contribution >= 4 is 34.3 Å². The molecule has 41 heavy (non-hydrogen) atoms. The molecule has 1 aromatic heterocycles. The van der Waals surface area contributed by atoms with Crippen molar-refractivity contribution in [1.29, 1.82) is 0 Å². The third-order valence-electron chi connectivity index (χ3n) is 7.21. The minimum absolute atomic E-state index is 0.0114. The fourth-order valence-electron chi connectivity index (χ4n) is 5.05. The SMILES string of the molecule is O=C(/C=C/[C@H](CCc1ccccc1)NC(=O)[C@@H]1CCCCN1OC(=O)C(F)(F)F)Nc1nnc(C2CCCCC2)s1. The van der Waals surface area contributed by atoms with Gasteiger partial charge < -0.3 is 10.2 Å². The van der Waals surface area contributed by atoms with Crippen molar-refractivity contribution in [1.82, 2.24) is 20.6 Å². The number of halogens is 3. The normalized spacial score (nSPS) is 19.5. The van der Waals surface area contributed by atoms with E-state index in [1.165, 1.54) is 23.8 Å². The van der Waals surface area contributed by atoms with E-state index in [2.05, 4.69) is 25.7 Å². The predicted molar refractivity (Wildman–Crippen MR) is 147 cm³/mol. The van der Waals surface area contributed by atoms with E-state index in [9.17, 15) is 27.6 Å². The number of nitrogens with zero attached hydrogens (tertiary/aromatic N) is 3. The number of anilines is 1. The van der Waals surface area contributed by atoms with Crippen molar-refractivity contribution in [2.24, 2.45) is 0 Å². The highest BCUT2D eigenvalue weighted by Crippen LogP contribution is 2.35. The Kier molecular flexibility index (Phi) is 10.9. The van der Waals surface area contributed by atoms with Gasteiger partial charge in [-0.05, 0) is 50.5 Å². The van der Waals surface area contributed by atoms with Gasteiger partial charge in [0, 0.05) is 24.6 Å². The molecule has 9 nitrogen and oxygen atoms in total. The number of alkyl halides is 3. The number of hydrogen-bond donors (Lipinski definition) is 2. The number of carbonyl (C=O) groups is 3. The standard InChI is InChI=1S/C28H34F3N5O4S/c29-28(30,31)26(39)40-36-18-8-7-13-22(36)24(38)32-21(15-14-19-9-3-1-4-10-19)16-17-23(37)33-27-35-34-25(41-27)20-11-5-2-6-12-20/h1,3-4,9-10,16-17,20-22H,2,5-8,11-15,18H2,(H,32,38)(H,33,35,37)/b17-16+/t21-,22-/m0/s1. The van der Waals surface area contributed by atoms with Gasteiger partial charge in [0.1, 0.15) is 11.0 Å². The van der Waals surface area contributed by atoms with Crippen LogP contribution in [0.3, 0.4) is 0 Å². The van der Waals surface area contributed by atoms with Gasteiger partial charge in [-0.3, -0.25) is 14.9 Å². The molecule has 2 amide bonds. The number of hydrogen-bond acceptors (Lipinski definition) is 8. The van der Waals surface area contributed by atoms with Crippen LogP contribution in [0.25, 0.3) is 0 Å². The summed E-state index contributed by atoms with van der Waals surface area (Å²) >= 11 is 1.36. The second-order valence-electron chi connectivity index (χ2n) is 10.3. The largest absolute Gasteiger partial charge is 0.492 e. The zero-order chi connectivity index (χ0) is 29.2. The van der Waals surface area contributed by atoms with E-state index in [-0.39, 0.29) is 13.0 Å². The van der Waals surface area contributed by atoms with Crippen molar-refractivity contribution in [3.8, 4) is 0 Å². The fraction of sp³-hybridized carbons (Fsp3) is 0.536. The Morgan fingerprint density at radius 2 is 1.78 bits per heavy atom. The number of aryl methyl sites for hydroxylation is 1. The molecule has 222 valence electrons. The van der Waals surface area contributed by atoms with E-state index in [1.54, 1.807) is 6.08 Å². The van der Waals surface area contributed by atoms with Gasteiger partial charge in [0.15, 0.2) is 0 Å². The molecule has 0 bridgehead atoms. The highest BCUT2D eigenvalue weighted by Gasteiger charge is 2.44. The first-order chi connectivity index (χ1) is 19.7. The molecule has 1 aliphatic heterocycles. The van der Waals surface area contributed by atoms with Gasteiger partial charge in [-0.15, -0.1) is 15.3 Å². The summed E-state index contributed by atoms with van der Waals surface area (Å²) in [7, 11) is 0. The van der Waals surface area contributed by atoms with E-state index in [4.69, 9.17) is 0 Å². The van der Waals surface area contributed by atoms with E-state index in [0.717, 1.165) is 41.3 Å². The summed E-state index contributed by atoms with van der Waals surface area (Å²) in [5.74, 6) is -3.01. The van der Waals surface area contributed by atoms with Crippen LogP contribution in [0.2, 0.25) is 0 Å². The fourth-order valence-corrected chi connectivity index (χ4v) is 5.96. The third kappa shape index (κ3) is 9.35. The molecule has 2 atom stereocenters. The second kappa shape index (κ2) is 14.5. The lowest BCUT2D eigenvalue weighted by atomic mass is 9.90. The molecule has 13 heteroatoms. The first-order valence-corrected chi connectivity index (χ1v) is 14.7. The maximum absolute atomic E-state index is 13.2. The van der Waals surface area contributed by atoms with Crippen molar-refractivity contribution < 1.29 is 32.4 Å². The van der Waals surface area contributed by atoms with Crippen LogP contribution in [0.15, 0.2) is 42.5 Å². The first kappa shape index (κ1) is 30.6. The van der Waals surface area contributed by atoms with Gasteiger partial charge in [-0.25, -0.2) is 4.79 Å². The third-order valence-corrected chi connectivity index (χ3v) is 8.21. The van der Waals surface area contributed by atoms with Gasteiger partial charge in [0.05, 0.1) is 0 Å². The van der Waals surface area contributed by atoms with Crippen LogP contribution < -0.4 is 10.6 Å². The molecule has 2 aliphatic rings. The van der Waals surface area contributed by atoms with Crippen molar-refractivity contribution in [3.05, 3.63) is 53.1 Å². The van der Waals surface area contributed by atoms with Gasteiger partial charge in [0.25, 0.3) is 0 Å². The van der Waals surface area contributed by atoms with Crippen LogP contribution in [0.5, 0.6) is 0 Å². The van der Waals surface area contributed by atoms with Crippen LogP contribution >= 0.6 is 11.3 Å². The lowest BCUT2D eigenvalue weighted by Crippen LogP contribution is -2.53. The van der Waals surface area contributed by atoms with Crippen LogP contribution in [-0.4, -0.2) is 57.8 Å². The van der Waals surface area contributed by atoms with Crippen molar-refractivity contribution in [2.45, 2.75) is 88.4 Å². The predicted octanol–water partition coefficient (Wildman–Crippen LogP) is 5.07. The Morgan fingerprint density at radius 3 is 2.51 bits per heavy atom. The number of piperidine rings is 1. The maximum Gasteiger partial charge on any atom is 0.492 e. The second-order valence-corrected chi connectivity index (χ2v) is 11.3. The summed E-state index contributed by atoms with van der Waals surface area (Å²) in [6, 6.07) is 7.87. The maximum atomic E-state index is 13.2. The molecule has 1 saturated carbocycles. The Bertz CT molecular complexity index is 1200. The van der Waals surface area contributed by atoms with E-state index >= 15 is 0 Å². The molecule has 2 N–H and O–H groups in total. The van der Waals surface area contributed by atoms with E-state index in [0.29, 0.717) is 36.7 Å². The lowest BCUT2D eigenvalue weighted by molar-refractivity contribution is -0.248. The van der Waals surface area contributed by atoms with E-state index in [1.807, 2.05) is 30.3 Å². The number of amides is 2. The Labute approximate surface area is 240 Å². The minimum Gasteiger partial charge on any atom is -0.360 e. The molecule has 1 aliphatic carbocycles. The van der Waals surface area contributed by atoms with Gasteiger partial charge in [0.2, 0.25) is 16.9 Å². The molecule has 2 heterocycles. The first-order valence-electron chi connectivity index (χ1n) is 13.9. The molecule has 0 unspecified atom stereocenters. The van der Waals surface area contributed by atoms with Gasteiger partial charge in [-0.2, -0.15) is 13.2 Å². The highest BCUT2D eigenvalue weighted by atomic mass is 32.1. The smallest absolute Gasteiger partial charge is 0.360 e. The summed E-state index contributed by atoms with van der Waals surface area (Å²) in [4.78, 5) is 41.8. The molecule has 1 saturated heterocycles.